The van der Waals surface area contributed by atoms with E-state index in [4.69, 9.17) is 4.74 Å². The van der Waals surface area contributed by atoms with Gasteiger partial charge in [-0.25, -0.2) is 4.79 Å². The highest BCUT2D eigenvalue weighted by Gasteiger charge is 2.29. The van der Waals surface area contributed by atoms with Gasteiger partial charge in [-0.1, -0.05) is 24.1 Å². The molecule has 1 aromatic rings. The molecule has 1 aliphatic rings. The molecule has 14 heavy (non-hydrogen) atoms. The first kappa shape index (κ1) is 8.83. The zero-order valence-corrected chi connectivity index (χ0v) is 7.91. The Balaban J connectivity index is 2.32. The molecule has 1 aliphatic heterocycles. The Morgan fingerprint density at radius 3 is 3.00 bits per heavy atom. The van der Waals surface area contributed by atoms with Crippen molar-refractivity contribution in [1.29, 1.82) is 0 Å². The van der Waals surface area contributed by atoms with E-state index >= 15 is 0 Å². The van der Waals surface area contributed by atoms with E-state index in [-0.39, 0.29) is 12.1 Å². The number of carbonyl (C=O) groups is 1. The van der Waals surface area contributed by atoms with Crippen molar-refractivity contribution in [3.63, 3.8) is 0 Å². The Bertz CT molecular complexity index is 423. The average Bonchev–Trinajstić information content (AvgIpc) is 2.54. The quantitative estimate of drug-likeness (QED) is 0.497. The molecule has 0 saturated carbocycles. The maximum absolute atomic E-state index is 11.4. The number of esters is 1. The minimum atomic E-state index is -0.233. The van der Waals surface area contributed by atoms with E-state index < -0.39 is 0 Å². The number of fused-ring (bicyclic) bond motifs is 1. The van der Waals surface area contributed by atoms with Gasteiger partial charge in [0.25, 0.3) is 0 Å². The largest absolute Gasteiger partial charge is 0.453 e. The molecule has 0 N–H and O–H groups in total. The van der Waals surface area contributed by atoms with Crippen LogP contribution in [0, 0.1) is 11.8 Å². The fourth-order valence-electron chi connectivity index (χ4n) is 1.57. The fourth-order valence-corrected chi connectivity index (χ4v) is 1.57. The summed E-state index contributed by atoms with van der Waals surface area (Å²) in [6.45, 7) is 1.78. The maximum Gasteiger partial charge on any atom is 0.339 e. The van der Waals surface area contributed by atoms with Gasteiger partial charge in [-0.15, -0.1) is 5.92 Å². The van der Waals surface area contributed by atoms with Crippen molar-refractivity contribution in [2.45, 2.75) is 19.4 Å². The number of benzene rings is 1. The third-order valence-corrected chi connectivity index (χ3v) is 2.24. The lowest BCUT2D eigenvalue weighted by Gasteiger charge is -2.05. The summed E-state index contributed by atoms with van der Waals surface area (Å²) < 4.78 is 5.19. The lowest BCUT2D eigenvalue weighted by atomic mass is 10.0. The van der Waals surface area contributed by atoms with E-state index in [0.717, 1.165) is 5.56 Å². The SMILES string of the molecule is CC#CCC1OC(=O)c2ccccc21. The second-order valence-electron chi connectivity index (χ2n) is 3.11. The van der Waals surface area contributed by atoms with Crippen LogP contribution >= 0.6 is 0 Å². The van der Waals surface area contributed by atoms with Gasteiger partial charge in [-0.2, -0.15) is 0 Å². The van der Waals surface area contributed by atoms with Crippen LogP contribution in [0.4, 0.5) is 0 Å². The van der Waals surface area contributed by atoms with Gasteiger partial charge in [0.2, 0.25) is 0 Å². The molecule has 0 radical (unpaired) electrons. The summed E-state index contributed by atoms with van der Waals surface area (Å²) in [7, 11) is 0. The van der Waals surface area contributed by atoms with E-state index in [0.29, 0.717) is 12.0 Å². The van der Waals surface area contributed by atoms with Crippen molar-refractivity contribution < 1.29 is 9.53 Å². The number of hydrogen-bond donors (Lipinski definition) is 0. The Labute approximate surface area is 82.9 Å². The molecule has 2 rings (SSSR count). The van der Waals surface area contributed by atoms with Crippen molar-refractivity contribution in [3.05, 3.63) is 35.4 Å². The number of rotatable bonds is 1. The summed E-state index contributed by atoms with van der Waals surface area (Å²) in [6.07, 6.45) is 0.408. The molecule has 0 fully saturated rings. The molecule has 0 amide bonds. The lowest BCUT2D eigenvalue weighted by molar-refractivity contribution is 0.0396. The van der Waals surface area contributed by atoms with Crippen LogP contribution in [0.2, 0.25) is 0 Å². The highest BCUT2D eigenvalue weighted by atomic mass is 16.5. The van der Waals surface area contributed by atoms with Gasteiger partial charge in [0.1, 0.15) is 6.10 Å². The second-order valence-corrected chi connectivity index (χ2v) is 3.11. The first-order chi connectivity index (χ1) is 6.83. The number of hydrogen-bond acceptors (Lipinski definition) is 2. The van der Waals surface area contributed by atoms with Crippen LogP contribution in [0.25, 0.3) is 0 Å². The molecule has 1 unspecified atom stereocenters. The van der Waals surface area contributed by atoms with Gasteiger partial charge in [-0.3, -0.25) is 0 Å². The van der Waals surface area contributed by atoms with Crippen molar-refractivity contribution in [1.82, 2.24) is 0 Å². The van der Waals surface area contributed by atoms with Crippen molar-refractivity contribution in [3.8, 4) is 11.8 Å². The van der Waals surface area contributed by atoms with E-state index in [2.05, 4.69) is 11.8 Å². The zero-order valence-electron chi connectivity index (χ0n) is 7.91. The van der Waals surface area contributed by atoms with Gasteiger partial charge in [0, 0.05) is 5.56 Å². The molecule has 2 heteroatoms. The summed E-state index contributed by atoms with van der Waals surface area (Å²) in [5.41, 5.74) is 1.63. The smallest absolute Gasteiger partial charge is 0.339 e. The van der Waals surface area contributed by atoms with E-state index in [1.54, 1.807) is 13.0 Å². The Hall–Kier alpha value is -1.75. The van der Waals surface area contributed by atoms with Crippen LogP contribution in [0.1, 0.15) is 35.4 Å². The van der Waals surface area contributed by atoms with Gasteiger partial charge >= 0.3 is 5.97 Å². The Kier molecular flexibility index (Phi) is 2.24. The predicted octanol–water partition coefficient (Wildman–Crippen LogP) is 2.31. The van der Waals surface area contributed by atoms with Crippen molar-refractivity contribution in [2.75, 3.05) is 0 Å². The molecule has 0 spiro atoms. The van der Waals surface area contributed by atoms with Crippen LogP contribution in [-0.4, -0.2) is 5.97 Å². The Morgan fingerprint density at radius 1 is 1.43 bits per heavy atom. The van der Waals surface area contributed by atoms with E-state index in [1.807, 2.05) is 18.2 Å². The minimum Gasteiger partial charge on any atom is -0.453 e. The molecular weight excluding hydrogens is 176 g/mol. The van der Waals surface area contributed by atoms with E-state index in [1.165, 1.54) is 0 Å². The minimum absolute atomic E-state index is 0.175. The molecule has 70 valence electrons. The first-order valence-electron chi connectivity index (χ1n) is 4.52. The summed E-state index contributed by atoms with van der Waals surface area (Å²) in [5, 5.41) is 0. The summed E-state index contributed by atoms with van der Waals surface area (Å²) in [4.78, 5) is 11.4. The van der Waals surface area contributed by atoms with Crippen LogP contribution in [0.3, 0.4) is 0 Å². The van der Waals surface area contributed by atoms with Crippen LogP contribution in [-0.2, 0) is 4.74 Å². The maximum atomic E-state index is 11.4. The third kappa shape index (κ3) is 1.38. The Morgan fingerprint density at radius 2 is 2.21 bits per heavy atom. The predicted molar refractivity (Wildman–Crippen MR) is 52.7 cm³/mol. The van der Waals surface area contributed by atoms with Crippen LogP contribution in [0.15, 0.2) is 24.3 Å². The van der Waals surface area contributed by atoms with Crippen molar-refractivity contribution in [2.24, 2.45) is 0 Å². The fraction of sp³-hybridized carbons (Fsp3) is 0.250. The van der Waals surface area contributed by atoms with Gasteiger partial charge in [0.05, 0.1) is 12.0 Å². The standard InChI is InChI=1S/C12H10O2/c1-2-3-8-11-9-6-4-5-7-10(9)12(13)14-11/h4-7,11H,8H2,1H3. The molecule has 0 saturated heterocycles. The highest BCUT2D eigenvalue weighted by molar-refractivity contribution is 5.94. The highest BCUT2D eigenvalue weighted by Crippen LogP contribution is 2.32. The molecule has 1 aromatic carbocycles. The molecule has 1 atom stereocenters. The number of cyclic esters (lactones) is 1. The summed E-state index contributed by atoms with van der Waals surface area (Å²) in [5.74, 6) is 5.49. The zero-order chi connectivity index (χ0) is 9.97. The number of carbonyl (C=O) groups excluding carboxylic acids is 1. The third-order valence-electron chi connectivity index (χ3n) is 2.24. The van der Waals surface area contributed by atoms with Gasteiger partial charge in [0.15, 0.2) is 0 Å². The topological polar surface area (TPSA) is 26.3 Å². The normalized spacial score (nSPS) is 18.1. The molecule has 1 heterocycles. The number of ether oxygens (including phenoxy) is 1. The van der Waals surface area contributed by atoms with Crippen molar-refractivity contribution >= 4 is 5.97 Å². The lowest BCUT2D eigenvalue weighted by Crippen LogP contribution is -1.97. The summed E-state index contributed by atoms with van der Waals surface area (Å²) >= 11 is 0. The summed E-state index contributed by atoms with van der Waals surface area (Å²) in [6, 6.07) is 7.46. The molecule has 0 aromatic heterocycles. The monoisotopic (exact) mass is 186 g/mol. The van der Waals surface area contributed by atoms with Crippen LogP contribution in [0.5, 0.6) is 0 Å². The molecule has 2 nitrogen and oxygen atoms in total. The second kappa shape index (κ2) is 3.55. The van der Waals surface area contributed by atoms with Gasteiger partial charge < -0.3 is 4.74 Å². The first-order valence-corrected chi connectivity index (χ1v) is 4.52. The van der Waals surface area contributed by atoms with Crippen LogP contribution < -0.4 is 0 Å². The van der Waals surface area contributed by atoms with E-state index in [9.17, 15) is 4.79 Å². The molecular formula is C12H10O2. The molecule has 0 bridgehead atoms. The molecule has 0 aliphatic carbocycles. The van der Waals surface area contributed by atoms with Gasteiger partial charge in [-0.05, 0) is 13.0 Å². The average molecular weight is 186 g/mol.